The monoisotopic (exact) mass is 416 g/mol. The quantitative estimate of drug-likeness (QED) is 0.799. The third-order valence-corrected chi connectivity index (χ3v) is 8.28. The Balaban J connectivity index is 1.23. The minimum atomic E-state index is 0.527. The molecule has 1 aliphatic carbocycles. The Morgan fingerprint density at radius 1 is 0.935 bits per heavy atom. The van der Waals surface area contributed by atoms with Crippen molar-refractivity contribution in [3.8, 4) is 0 Å². The first kappa shape index (κ1) is 19.8. The summed E-state index contributed by atoms with van der Waals surface area (Å²) in [5.74, 6) is 0.788. The van der Waals surface area contributed by atoms with Crippen molar-refractivity contribution in [2.24, 2.45) is 5.92 Å². The van der Waals surface area contributed by atoms with E-state index in [4.69, 9.17) is 4.98 Å². The van der Waals surface area contributed by atoms with Crippen molar-refractivity contribution in [2.75, 3.05) is 31.1 Å². The SMILES string of the molecule is c1cnc2c(c1)CC[C@@H]1CCCN(C[C@H]3Cc4c(cccc4N4CCCCC4)CN3)[C@@H]21. The number of benzene rings is 1. The number of pyridine rings is 1. The highest BCUT2D eigenvalue weighted by Crippen LogP contribution is 2.43. The zero-order chi connectivity index (χ0) is 20.6. The number of hydrogen-bond acceptors (Lipinski definition) is 4. The number of nitrogens with one attached hydrogen (secondary N) is 1. The van der Waals surface area contributed by atoms with Crippen LogP contribution >= 0.6 is 0 Å². The molecule has 1 N–H and O–H groups in total. The van der Waals surface area contributed by atoms with Crippen molar-refractivity contribution in [1.82, 2.24) is 15.2 Å². The van der Waals surface area contributed by atoms with E-state index in [9.17, 15) is 0 Å². The van der Waals surface area contributed by atoms with Crippen LogP contribution in [0.1, 0.15) is 67.0 Å². The number of likely N-dealkylation sites (tertiary alicyclic amines) is 1. The highest BCUT2D eigenvalue weighted by molar-refractivity contribution is 5.58. The number of aryl methyl sites for hydroxylation is 1. The van der Waals surface area contributed by atoms with Gasteiger partial charge in [0.25, 0.3) is 0 Å². The second-order valence-corrected chi connectivity index (χ2v) is 10.2. The summed E-state index contributed by atoms with van der Waals surface area (Å²) in [5.41, 5.74) is 7.52. The van der Waals surface area contributed by atoms with Crippen LogP contribution in [0.25, 0.3) is 0 Å². The lowest BCUT2D eigenvalue weighted by Gasteiger charge is -2.46. The van der Waals surface area contributed by atoms with Crippen molar-refractivity contribution in [3.05, 3.63) is 58.9 Å². The maximum Gasteiger partial charge on any atom is 0.0610 e. The minimum Gasteiger partial charge on any atom is -0.371 e. The molecule has 2 fully saturated rings. The zero-order valence-corrected chi connectivity index (χ0v) is 18.7. The fourth-order valence-corrected chi connectivity index (χ4v) is 6.76. The van der Waals surface area contributed by atoms with E-state index in [2.05, 4.69) is 45.4 Å². The van der Waals surface area contributed by atoms with Gasteiger partial charge in [-0.05, 0) is 92.7 Å². The zero-order valence-electron chi connectivity index (χ0n) is 18.7. The predicted molar refractivity (Wildman–Crippen MR) is 126 cm³/mol. The van der Waals surface area contributed by atoms with E-state index in [0.29, 0.717) is 12.1 Å². The normalized spacial score (nSPS) is 28.5. The first-order chi connectivity index (χ1) is 15.4. The van der Waals surface area contributed by atoms with E-state index >= 15 is 0 Å². The molecule has 0 bridgehead atoms. The van der Waals surface area contributed by atoms with Crippen molar-refractivity contribution >= 4 is 5.69 Å². The molecule has 164 valence electrons. The number of hydrogen-bond donors (Lipinski definition) is 1. The molecular formula is C27H36N4. The third-order valence-electron chi connectivity index (χ3n) is 8.28. The molecular weight excluding hydrogens is 380 g/mol. The van der Waals surface area contributed by atoms with Gasteiger partial charge in [0.1, 0.15) is 0 Å². The lowest BCUT2D eigenvalue weighted by Crippen LogP contribution is -2.50. The number of fused-ring (bicyclic) bond motifs is 4. The van der Waals surface area contributed by atoms with Crippen molar-refractivity contribution in [1.29, 1.82) is 0 Å². The minimum absolute atomic E-state index is 0.527. The van der Waals surface area contributed by atoms with Crippen LogP contribution in [0.5, 0.6) is 0 Å². The molecule has 1 aromatic heterocycles. The summed E-state index contributed by atoms with van der Waals surface area (Å²) in [6.07, 6.45) is 12.5. The van der Waals surface area contributed by atoms with E-state index in [1.165, 1.54) is 87.1 Å². The molecule has 2 saturated heterocycles. The average molecular weight is 417 g/mol. The smallest absolute Gasteiger partial charge is 0.0610 e. The molecule has 4 nitrogen and oxygen atoms in total. The van der Waals surface area contributed by atoms with Gasteiger partial charge in [0.2, 0.25) is 0 Å². The number of rotatable bonds is 3. The summed E-state index contributed by atoms with van der Waals surface area (Å²) in [6, 6.07) is 12.5. The second-order valence-electron chi connectivity index (χ2n) is 10.2. The Bertz CT molecular complexity index is 919. The van der Waals surface area contributed by atoms with Gasteiger partial charge in [-0.2, -0.15) is 0 Å². The van der Waals surface area contributed by atoms with Gasteiger partial charge in [-0.25, -0.2) is 0 Å². The van der Waals surface area contributed by atoms with Crippen LogP contribution in [-0.2, 0) is 19.4 Å². The molecule has 2 aromatic rings. The Morgan fingerprint density at radius 3 is 2.77 bits per heavy atom. The summed E-state index contributed by atoms with van der Waals surface area (Å²) < 4.78 is 0. The largest absolute Gasteiger partial charge is 0.371 e. The molecule has 3 aliphatic heterocycles. The highest BCUT2D eigenvalue weighted by atomic mass is 15.2. The van der Waals surface area contributed by atoms with Crippen LogP contribution in [0.3, 0.4) is 0 Å². The molecule has 4 heterocycles. The van der Waals surface area contributed by atoms with Crippen LogP contribution in [0.15, 0.2) is 36.5 Å². The Morgan fingerprint density at radius 2 is 1.84 bits per heavy atom. The molecule has 1 aromatic carbocycles. The van der Waals surface area contributed by atoms with Gasteiger partial charge in [-0.1, -0.05) is 18.2 Å². The van der Waals surface area contributed by atoms with E-state index in [1.54, 1.807) is 5.56 Å². The van der Waals surface area contributed by atoms with Crippen molar-refractivity contribution in [3.63, 3.8) is 0 Å². The molecule has 6 rings (SSSR count). The Labute approximate surface area is 187 Å². The van der Waals surface area contributed by atoms with Crippen LogP contribution in [0, 0.1) is 5.92 Å². The topological polar surface area (TPSA) is 31.4 Å². The van der Waals surface area contributed by atoms with E-state index in [-0.39, 0.29) is 0 Å². The number of anilines is 1. The summed E-state index contributed by atoms with van der Waals surface area (Å²) >= 11 is 0. The van der Waals surface area contributed by atoms with Gasteiger partial charge in [0.15, 0.2) is 0 Å². The first-order valence-electron chi connectivity index (χ1n) is 12.6. The van der Waals surface area contributed by atoms with E-state index in [0.717, 1.165) is 25.4 Å². The molecule has 0 saturated carbocycles. The van der Waals surface area contributed by atoms with Gasteiger partial charge >= 0.3 is 0 Å². The molecule has 0 amide bonds. The second kappa shape index (κ2) is 8.55. The van der Waals surface area contributed by atoms with E-state index in [1.807, 2.05) is 6.20 Å². The summed E-state index contributed by atoms with van der Waals surface area (Å²) in [5, 5.41) is 3.89. The van der Waals surface area contributed by atoms with Crippen LogP contribution in [0.2, 0.25) is 0 Å². The summed E-state index contributed by atoms with van der Waals surface area (Å²) in [6.45, 7) is 5.83. The maximum atomic E-state index is 4.89. The third kappa shape index (κ3) is 3.78. The van der Waals surface area contributed by atoms with E-state index < -0.39 is 0 Å². The molecule has 3 atom stereocenters. The van der Waals surface area contributed by atoms with Gasteiger partial charge in [-0.15, -0.1) is 0 Å². The fourth-order valence-electron chi connectivity index (χ4n) is 6.76. The molecule has 0 radical (unpaired) electrons. The maximum absolute atomic E-state index is 4.89. The van der Waals surface area contributed by atoms with Crippen LogP contribution in [-0.4, -0.2) is 42.1 Å². The molecule has 0 spiro atoms. The lowest BCUT2D eigenvalue weighted by atomic mass is 9.76. The molecule has 4 heteroatoms. The Kier molecular flexibility index (Phi) is 5.45. The molecule has 31 heavy (non-hydrogen) atoms. The lowest BCUT2D eigenvalue weighted by molar-refractivity contribution is 0.0661. The first-order valence-corrected chi connectivity index (χ1v) is 12.6. The number of nitrogens with zero attached hydrogens (tertiary/aromatic N) is 3. The van der Waals surface area contributed by atoms with Crippen molar-refractivity contribution in [2.45, 2.75) is 70.0 Å². The molecule has 4 aliphatic rings. The summed E-state index contributed by atoms with van der Waals surface area (Å²) in [7, 11) is 0. The predicted octanol–water partition coefficient (Wildman–Crippen LogP) is 4.49. The van der Waals surface area contributed by atoms with Gasteiger partial charge < -0.3 is 10.2 Å². The molecule has 0 unspecified atom stereocenters. The standard InChI is InChI=1S/C27H36N4/c1-2-14-30(15-3-1)25-10-4-7-22-18-29-23(17-24(22)25)19-31-16-6-9-21-12-11-20-8-5-13-28-26(20)27(21)31/h4-5,7-8,10,13,21,23,27,29H,1-3,6,9,11-12,14-19H2/t21-,23+,27+/m0/s1. The number of aromatic nitrogens is 1. The van der Waals surface area contributed by atoms with Gasteiger partial charge in [0.05, 0.1) is 11.7 Å². The van der Waals surface area contributed by atoms with Gasteiger partial charge in [-0.3, -0.25) is 9.88 Å². The van der Waals surface area contributed by atoms with Gasteiger partial charge in [0, 0.05) is 44.1 Å². The van der Waals surface area contributed by atoms with Crippen LogP contribution < -0.4 is 10.2 Å². The highest BCUT2D eigenvalue weighted by Gasteiger charge is 2.38. The average Bonchev–Trinajstić information content (AvgIpc) is 2.84. The van der Waals surface area contributed by atoms with Crippen molar-refractivity contribution < 1.29 is 0 Å². The van der Waals surface area contributed by atoms with Crippen LogP contribution in [0.4, 0.5) is 5.69 Å². The fraction of sp³-hybridized carbons (Fsp3) is 0.593. The Hall–Kier alpha value is -1.91. The summed E-state index contributed by atoms with van der Waals surface area (Å²) in [4.78, 5) is 10.3. The number of piperidine rings is 2.